The number of aromatic nitrogens is 5. The molecular weight excluding hydrogens is 371 g/mol. The summed E-state index contributed by atoms with van der Waals surface area (Å²) >= 11 is 0. The third-order valence-corrected chi connectivity index (χ3v) is 4.17. The molecule has 0 amide bonds. The molecular formula is C20H19FN8. The van der Waals surface area contributed by atoms with Gasteiger partial charge in [0, 0.05) is 37.2 Å². The second kappa shape index (κ2) is 8.34. The average molecular weight is 390 g/mol. The van der Waals surface area contributed by atoms with Gasteiger partial charge in [-0.2, -0.15) is 0 Å². The lowest BCUT2D eigenvalue weighted by atomic mass is 10.1. The Labute approximate surface area is 166 Å². The molecule has 3 heterocycles. The van der Waals surface area contributed by atoms with Crippen molar-refractivity contribution in [1.82, 2.24) is 24.9 Å². The molecule has 0 saturated heterocycles. The van der Waals surface area contributed by atoms with Gasteiger partial charge in [0.1, 0.15) is 17.5 Å². The van der Waals surface area contributed by atoms with Crippen molar-refractivity contribution in [2.75, 3.05) is 29.5 Å². The molecule has 0 aliphatic heterocycles. The van der Waals surface area contributed by atoms with E-state index in [-0.39, 0.29) is 5.82 Å². The van der Waals surface area contributed by atoms with Gasteiger partial charge in [0.25, 0.3) is 0 Å². The van der Waals surface area contributed by atoms with E-state index >= 15 is 0 Å². The van der Waals surface area contributed by atoms with E-state index in [1.165, 1.54) is 6.07 Å². The van der Waals surface area contributed by atoms with Crippen molar-refractivity contribution < 1.29 is 4.39 Å². The highest BCUT2D eigenvalue weighted by Gasteiger charge is 2.16. The van der Waals surface area contributed by atoms with E-state index in [1.807, 2.05) is 0 Å². The predicted octanol–water partition coefficient (Wildman–Crippen LogP) is 3.17. The van der Waals surface area contributed by atoms with E-state index in [0.717, 1.165) is 5.82 Å². The number of anilines is 3. The fraction of sp³-hybridized carbons (Fsp3) is 0.100. The molecule has 146 valence electrons. The second-order valence-electron chi connectivity index (χ2n) is 6.20. The molecule has 0 aliphatic rings. The molecule has 0 aliphatic carbocycles. The Morgan fingerprint density at radius 3 is 2.55 bits per heavy atom. The lowest BCUT2D eigenvalue weighted by Gasteiger charge is -2.11. The predicted molar refractivity (Wildman–Crippen MR) is 111 cm³/mol. The molecule has 4 rings (SSSR count). The standard InChI is InChI=1S/C20H19FN8/c21-16-4-2-1-3-14(16)18-15(19-24-8-9-25-19)12-28-20(29-18)26-10-7-23-17-6-5-13(22)11-27-17/h1-6,8-9,11-12H,7,10,22H2,(H,23,27)(H,24,25)(H,26,28,29). The Morgan fingerprint density at radius 2 is 1.79 bits per heavy atom. The molecule has 0 spiro atoms. The smallest absolute Gasteiger partial charge is 0.223 e. The maximum absolute atomic E-state index is 14.4. The minimum absolute atomic E-state index is 0.360. The van der Waals surface area contributed by atoms with Crippen LogP contribution in [-0.4, -0.2) is 38.0 Å². The Hall–Kier alpha value is -4.01. The van der Waals surface area contributed by atoms with E-state index in [1.54, 1.807) is 55.1 Å². The Kier molecular flexibility index (Phi) is 5.28. The number of nitrogens with two attached hydrogens (primary N) is 1. The molecule has 5 N–H and O–H groups in total. The van der Waals surface area contributed by atoms with Crippen molar-refractivity contribution >= 4 is 17.5 Å². The Balaban J connectivity index is 1.52. The summed E-state index contributed by atoms with van der Waals surface area (Å²) in [7, 11) is 0. The van der Waals surface area contributed by atoms with Crippen LogP contribution in [0.4, 0.5) is 21.8 Å². The van der Waals surface area contributed by atoms with Crippen molar-refractivity contribution in [2.45, 2.75) is 0 Å². The minimum atomic E-state index is -0.360. The number of benzene rings is 1. The summed E-state index contributed by atoms with van der Waals surface area (Å²) in [5, 5.41) is 6.31. The topological polar surface area (TPSA) is 117 Å². The third kappa shape index (κ3) is 4.29. The second-order valence-corrected chi connectivity index (χ2v) is 6.20. The van der Waals surface area contributed by atoms with Crippen LogP contribution in [0.1, 0.15) is 0 Å². The molecule has 0 unspecified atom stereocenters. The highest BCUT2D eigenvalue weighted by molar-refractivity contribution is 5.77. The number of imidazole rings is 1. The lowest BCUT2D eigenvalue weighted by Crippen LogP contribution is -2.16. The SMILES string of the molecule is Nc1ccc(NCCNc2ncc(-c3ncc[nH]3)c(-c3ccccc3F)n2)nc1. The van der Waals surface area contributed by atoms with Crippen LogP contribution in [-0.2, 0) is 0 Å². The van der Waals surface area contributed by atoms with Gasteiger partial charge in [0.2, 0.25) is 5.95 Å². The Bertz CT molecular complexity index is 1080. The number of nitrogens with zero attached hydrogens (tertiary/aromatic N) is 4. The maximum atomic E-state index is 14.4. The number of pyridine rings is 1. The highest BCUT2D eigenvalue weighted by Crippen LogP contribution is 2.30. The minimum Gasteiger partial charge on any atom is -0.397 e. The van der Waals surface area contributed by atoms with Crippen LogP contribution in [0, 0.1) is 5.82 Å². The van der Waals surface area contributed by atoms with Crippen LogP contribution < -0.4 is 16.4 Å². The van der Waals surface area contributed by atoms with Crippen LogP contribution in [0.2, 0.25) is 0 Å². The summed E-state index contributed by atoms with van der Waals surface area (Å²) in [6, 6.07) is 10.1. The fourth-order valence-electron chi connectivity index (χ4n) is 2.79. The first-order chi connectivity index (χ1) is 14.2. The molecule has 0 bridgehead atoms. The number of hydrogen-bond donors (Lipinski definition) is 4. The summed E-state index contributed by atoms with van der Waals surface area (Å²) in [4.78, 5) is 20.3. The van der Waals surface area contributed by atoms with Gasteiger partial charge in [-0.25, -0.2) is 24.3 Å². The maximum Gasteiger partial charge on any atom is 0.223 e. The number of nitrogen functional groups attached to an aromatic ring is 1. The fourth-order valence-corrected chi connectivity index (χ4v) is 2.79. The summed E-state index contributed by atoms with van der Waals surface area (Å²) in [6.07, 6.45) is 6.55. The summed E-state index contributed by atoms with van der Waals surface area (Å²) < 4.78 is 14.4. The molecule has 8 nitrogen and oxygen atoms in total. The van der Waals surface area contributed by atoms with Gasteiger partial charge in [0.05, 0.1) is 23.1 Å². The monoisotopic (exact) mass is 390 g/mol. The molecule has 0 fully saturated rings. The van der Waals surface area contributed by atoms with E-state index in [4.69, 9.17) is 5.73 Å². The molecule has 0 radical (unpaired) electrons. The Morgan fingerprint density at radius 1 is 0.931 bits per heavy atom. The van der Waals surface area contributed by atoms with Gasteiger partial charge in [-0.3, -0.25) is 0 Å². The van der Waals surface area contributed by atoms with Crippen LogP contribution in [0.3, 0.4) is 0 Å². The van der Waals surface area contributed by atoms with E-state index in [9.17, 15) is 4.39 Å². The van der Waals surface area contributed by atoms with Crippen molar-refractivity contribution in [1.29, 1.82) is 0 Å². The number of rotatable bonds is 7. The zero-order valence-electron chi connectivity index (χ0n) is 15.4. The zero-order chi connectivity index (χ0) is 20.1. The first kappa shape index (κ1) is 18.4. The van der Waals surface area contributed by atoms with Crippen molar-refractivity contribution in [3.8, 4) is 22.6 Å². The van der Waals surface area contributed by atoms with Crippen molar-refractivity contribution in [3.63, 3.8) is 0 Å². The van der Waals surface area contributed by atoms with Gasteiger partial charge >= 0.3 is 0 Å². The van der Waals surface area contributed by atoms with E-state index < -0.39 is 0 Å². The molecule has 3 aromatic heterocycles. The summed E-state index contributed by atoms with van der Waals surface area (Å²) in [5.74, 6) is 1.33. The molecule has 1 aromatic carbocycles. The van der Waals surface area contributed by atoms with E-state index in [2.05, 4.69) is 35.6 Å². The van der Waals surface area contributed by atoms with Gasteiger partial charge in [-0.1, -0.05) is 12.1 Å². The van der Waals surface area contributed by atoms with Crippen LogP contribution in [0.25, 0.3) is 22.6 Å². The molecule has 4 aromatic rings. The number of nitrogens with one attached hydrogen (secondary N) is 3. The largest absolute Gasteiger partial charge is 0.397 e. The highest BCUT2D eigenvalue weighted by atomic mass is 19.1. The van der Waals surface area contributed by atoms with Crippen LogP contribution in [0.5, 0.6) is 0 Å². The first-order valence-corrected chi connectivity index (χ1v) is 9.01. The van der Waals surface area contributed by atoms with Gasteiger partial charge < -0.3 is 21.4 Å². The zero-order valence-corrected chi connectivity index (χ0v) is 15.4. The van der Waals surface area contributed by atoms with Gasteiger partial charge in [0.15, 0.2) is 0 Å². The molecule has 29 heavy (non-hydrogen) atoms. The van der Waals surface area contributed by atoms with Crippen LogP contribution >= 0.6 is 0 Å². The number of halogens is 1. The van der Waals surface area contributed by atoms with E-state index in [0.29, 0.717) is 47.4 Å². The molecule has 0 saturated carbocycles. The van der Waals surface area contributed by atoms with Gasteiger partial charge in [-0.15, -0.1) is 0 Å². The summed E-state index contributed by atoms with van der Waals surface area (Å²) in [5.41, 5.74) is 7.70. The molecule has 9 heteroatoms. The normalized spacial score (nSPS) is 10.7. The van der Waals surface area contributed by atoms with Gasteiger partial charge in [-0.05, 0) is 24.3 Å². The average Bonchev–Trinajstić information content (AvgIpc) is 3.27. The third-order valence-electron chi connectivity index (χ3n) is 4.17. The lowest BCUT2D eigenvalue weighted by molar-refractivity contribution is 0.630. The first-order valence-electron chi connectivity index (χ1n) is 9.01. The summed E-state index contributed by atoms with van der Waals surface area (Å²) in [6.45, 7) is 1.14. The molecule has 0 atom stereocenters. The number of hydrogen-bond acceptors (Lipinski definition) is 7. The van der Waals surface area contributed by atoms with Crippen LogP contribution in [0.15, 0.2) is 61.2 Å². The van der Waals surface area contributed by atoms with Crippen molar-refractivity contribution in [3.05, 3.63) is 67.0 Å². The van der Waals surface area contributed by atoms with Crippen molar-refractivity contribution in [2.24, 2.45) is 0 Å². The quantitative estimate of drug-likeness (QED) is 0.358. The number of aromatic amines is 1. The number of H-pyrrole nitrogens is 1.